The van der Waals surface area contributed by atoms with Crippen LogP contribution >= 0.6 is 0 Å². The molecule has 7 nitrogen and oxygen atoms in total. The lowest BCUT2D eigenvalue weighted by atomic mass is 10.0. The van der Waals surface area contributed by atoms with Crippen molar-refractivity contribution in [3.8, 4) is 22.6 Å². The molecule has 1 fully saturated rings. The average Bonchev–Trinajstić information content (AvgIpc) is 2.88. The Morgan fingerprint density at radius 2 is 1.82 bits per heavy atom. The van der Waals surface area contributed by atoms with Crippen LogP contribution in [-0.4, -0.2) is 60.9 Å². The first-order valence-electron chi connectivity index (χ1n) is 11.2. The molecule has 0 amide bonds. The number of methoxy groups -OCH3 is 1. The second-order valence-electron chi connectivity index (χ2n) is 8.16. The van der Waals surface area contributed by atoms with Gasteiger partial charge in [0.15, 0.2) is 0 Å². The predicted octanol–water partition coefficient (Wildman–Crippen LogP) is 4.13. The Morgan fingerprint density at radius 1 is 1.06 bits per heavy atom. The van der Waals surface area contributed by atoms with Crippen molar-refractivity contribution in [1.82, 2.24) is 9.88 Å². The minimum atomic E-state index is -0.337. The first-order valence-corrected chi connectivity index (χ1v) is 11.2. The number of aromatic nitrogens is 1. The summed E-state index contributed by atoms with van der Waals surface area (Å²) < 4.78 is 10.7. The zero-order chi connectivity index (χ0) is 23.9. The van der Waals surface area contributed by atoms with E-state index >= 15 is 0 Å². The maximum absolute atomic E-state index is 12.0. The second kappa shape index (κ2) is 10.9. The molecule has 34 heavy (non-hydrogen) atoms. The number of esters is 1. The first kappa shape index (κ1) is 23.3. The smallest absolute Gasteiger partial charge is 0.338 e. The number of aromatic hydroxyl groups is 1. The van der Waals surface area contributed by atoms with Gasteiger partial charge < -0.3 is 19.5 Å². The maximum Gasteiger partial charge on any atom is 0.338 e. The van der Waals surface area contributed by atoms with Crippen molar-refractivity contribution in [3.05, 3.63) is 84.7 Å². The van der Waals surface area contributed by atoms with Gasteiger partial charge in [-0.1, -0.05) is 24.8 Å². The van der Waals surface area contributed by atoms with E-state index < -0.39 is 0 Å². The van der Waals surface area contributed by atoms with Crippen molar-refractivity contribution in [2.75, 3.05) is 44.8 Å². The Labute approximate surface area is 199 Å². The molecule has 0 unspecified atom stereocenters. The zero-order valence-electron chi connectivity index (χ0n) is 19.3. The molecule has 0 aliphatic carbocycles. The quantitative estimate of drug-likeness (QED) is 0.401. The Bertz CT molecular complexity index is 1140. The molecule has 1 aliphatic rings. The van der Waals surface area contributed by atoms with E-state index in [0.717, 1.165) is 60.9 Å². The van der Waals surface area contributed by atoms with Crippen molar-refractivity contribution in [2.45, 2.75) is 6.54 Å². The number of rotatable bonds is 8. The van der Waals surface area contributed by atoms with Crippen LogP contribution in [0.25, 0.3) is 11.1 Å². The van der Waals surface area contributed by atoms with Gasteiger partial charge in [0.25, 0.3) is 0 Å². The molecule has 2 heterocycles. The van der Waals surface area contributed by atoms with E-state index in [1.807, 2.05) is 36.4 Å². The first-order chi connectivity index (χ1) is 16.6. The molecular formula is C27H29N3O4. The highest BCUT2D eigenvalue weighted by Crippen LogP contribution is 2.29. The molecular weight excluding hydrogens is 430 g/mol. The molecule has 3 aromatic rings. The monoisotopic (exact) mass is 459 g/mol. The Morgan fingerprint density at radius 3 is 2.50 bits per heavy atom. The third kappa shape index (κ3) is 5.55. The number of hydrogen-bond acceptors (Lipinski definition) is 7. The van der Waals surface area contributed by atoms with Gasteiger partial charge in [0.2, 0.25) is 0 Å². The number of piperazine rings is 1. The van der Waals surface area contributed by atoms with Gasteiger partial charge in [0.1, 0.15) is 18.1 Å². The van der Waals surface area contributed by atoms with Gasteiger partial charge in [-0.3, -0.25) is 9.88 Å². The zero-order valence-corrected chi connectivity index (χ0v) is 19.3. The third-order valence-corrected chi connectivity index (χ3v) is 5.91. The molecule has 0 radical (unpaired) electrons. The van der Waals surface area contributed by atoms with Gasteiger partial charge in [-0.25, -0.2) is 4.79 Å². The Hall–Kier alpha value is -3.84. The lowest BCUT2D eigenvalue weighted by molar-refractivity contribution is 0.0549. The van der Waals surface area contributed by atoms with E-state index in [1.165, 1.54) is 6.20 Å². The Balaban J connectivity index is 1.36. The highest BCUT2D eigenvalue weighted by molar-refractivity contribution is 5.89. The number of nitrogens with zero attached hydrogens (tertiary/aromatic N) is 3. The molecule has 7 heteroatoms. The van der Waals surface area contributed by atoms with E-state index in [9.17, 15) is 9.90 Å². The number of anilines is 1. The van der Waals surface area contributed by atoms with Crippen LogP contribution in [0.3, 0.4) is 0 Å². The number of ether oxygens (including phenoxy) is 2. The van der Waals surface area contributed by atoms with Gasteiger partial charge >= 0.3 is 5.97 Å². The van der Waals surface area contributed by atoms with Gasteiger partial charge in [0.05, 0.1) is 18.9 Å². The molecule has 176 valence electrons. The number of pyridine rings is 1. The molecule has 1 N–H and O–H groups in total. The van der Waals surface area contributed by atoms with Crippen LogP contribution in [0.5, 0.6) is 11.5 Å². The van der Waals surface area contributed by atoms with E-state index in [-0.39, 0.29) is 18.3 Å². The van der Waals surface area contributed by atoms with Crippen LogP contribution < -0.4 is 9.64 Å². The number of benzene rings is 2. The number of hydrogen-bond donors (Lipinski definition) is 1. The minimum Gasteiger partial charge on any atom is -0.506 e. The highest BCUT2D eigenvalue weighted by atomic mass is 16.5. The Kier molecular flexibility index (Phi) is 7.44. The third-order valence-electron chi connectivity index (χ3n) is 5.91. The maximum atomic E-state index is 12.0. The highest BCUT2D eigenvalue weighted by Gasteiger charge is 2.19. The van der Waals surface area contributed by atoms with Crippen LogP contribution in [0.2, 0.25) is 0 Å². The summed E-state index contributed by atoms with van der Waals surface area (Å²) >= 11 is 0. The van der Waals surface area contributed by atoms with E-state index in [0.29, 0.717) is 5.56 Å². The molecule has 4 rings (SSSR count). The molecule has 1 aliphatic heterocycles. The number of carbonyl (C=O) groups is 1. The summed E-state index contributed by atoms with van der Waals surface area (Å²) in [7, 11) is 1.68. The van der Waals surface area contributed by atoms with Crippen LogP contribution in [0.4, 0.5) is 5.69 Å². The van der Waals surface area contributed by atoms with Crippen molar-refractivity contribution in [1.29, 1.82) is 0 Å². The fraction of sp³-hybridized carbons (Fsp3) is 0.259. The van der Waals surface area contributed by atoms with Crippen molar-refractivity contribution >= 4 is 11.7 Å². The normalized spacial score (nSPS) is 14.0. The fourth-order valence-electron chi connectivity index (χ4n) is 4.07. The SMILES string of the molecule is C=CCOC(=O)c1ccc(N2CCN(Cc3ccc(-c4cncc(O)c4)cc3OC)CC2)cc1. The number of carbonyl (C=O) groups excluding carboxylic acids is 1. The molecule has 0 saturated carbocycles. The molecule has 2 aromatic carbocycles. The van der Waals surface area contributed by atoms with E-state index in [2.05, 4.69) is 27.4 Å². The lowest BCUT2D eigenvalue weighted by Crippen LogP contribution is -2.46. The topological polar surface area (TPSA) is 75.1 Å². The van der Waals surface area contributed by atoms with Gasteiger partial charge in [-0.05, 0) is 42.0 Å². The van der Waals surface area contributed by atoms with Crippen LogP contribution in [-0.2, 0) is 11.3 Å². The summed E-state index contributed by atoms with van der Waals surface area (Å²) in [6.07, 6.45) is 4.70. The van der Waals surface area contributed by atoms with Crippen LogP contribution in [0.15, 0.2) is 73.6 Å². The molecule has 1 saturated heterocycles. The van der Waals surface area contributed by atoms with Crippen molar-refractivity contribution in [2.24, 2.45) is 0 Å². The van der Waals surface area contributed by atoms with Crippen LogP contribution in [0.1, 0.15) is 15.9 Å². The van der Waals surface area contributed by atoms with Crippen molar-refractivity contribution in [3.63, 3.8) is 0 Å². The fourth-order valence-corrected chi connectivity index (χ4v) is 4.07. The summed E-state index contributed by atoms with van der Waals surface area (Å²) in [5.41, 5.74) is 4.56. The van der Waals surface area contributed by atoms with Gasteiger partial charge in [0, 0.05) is 55.7 Å². The summed E-state index contributed by atoms with van der Waals surface area (Å²) in [6, 6.07) is 15.3. The molecule has 0 spiro atoms. The van der Waals surface area contributed by atoms with Crippen molar-refractivity contribution < 1.29 is 19.4 Å². The largest absolute Gasteiger partial charge is 0.506 e. The summed E-state index contributed by atoms with van der Waals surface area (Å²) in [5, 5.41) is 9.72. The standard InChI is InChI=1S/C27H29N3O4/c1-3-14-34-27(32)20-6-8-24(9-7-20)30-12-10-29(11-13-30)19-22-5-4-21(16-26(22)33-2)23-15-25(31)18-28-17-23/h3-9,15-18,31H,1,10-14,19H2,2H3. The average molecular weight is 460 g/mol. The summed E-state index contributed by atoms with van der Waals surface area (Å²) in [5.74, 6) is 0.624. The van der Waals surface area contributed by atoms with E-state index in [4.69, 9.17) is 9.47 Å². The van der Waals surface area contributed by atoms with Crippen LogP contribution in [0, 0.1) is 0 Å². The second-order valence-corrected chi connectivity index (χ2v) is 8.16. The molecule has 0 atom stereocenters. The lowest BCUT2D eigenvalue weighted by Gasteiger charge is -2.36. The van der Waals surface area contributed by atoms with Gasteiger partial charge in [-0.2, -0.15) is 0 Å². The van der Waals surface area contributed by atoms with Gasteiger partial charge in [-0.15, -0.1) is 0 Å². The minimum absolute atomic E-state index is 0.140. The summed E-state index contributed by atoms with van der Waals surface area (Å²) in [6.45, 7) is 8.20. The molecule has 0 bridgehead atoms. The van der Waals surface area contributed by atoms with E-state index in [1.54, 1.807) is 25.4 Å². The summed E-state index contributed by atoms with van der Waals surface area (Å²) in [4.78, 5) is 20.8. The predicted molar refractivity (Wildman–Crippen MR) is 132 cm³/mol. The molecule has 1 aromatic heterocycles.